The van der Waals surface area contributed by atoms with E-state index >= 15 is 0 Å². The summed E-state index contributed by atoms with van der Waals surface area (Å²) >= 11 is 0. The Labute approximate surface area is 155 Å². The normalized spacial score (nSPS) is 21.0. The number of nitrogens with zero attached hydrogens (tertiary/aromatic N) is 1. The minimum absolute atomic E-state index is 0.00278. The highest BCUT2D eigenvalue weighted by atomic mass is 19.4. The molecule has 152 valence electrons. The van der Waals surface area contributed by atoms with Crippen molar-refractivity contribution >= 4 is 5.91 Å². The second-order valence-corrected chi connectivity index (χ2v) is 7.77. The average molecular weight is 393 g/mol. The molecule has 0 aromatic heterocycles. The largest absolute Gasteiger partial charge is 0.497 e. The molecule has 0 spiro atoms. The molecule has 1 aromatic carbocycles. The maximum atomic E-state index is 13.9. The predicted octanol–water partition coefficient (Wildman–Crippen LogP) is 5.05. The third kappa shape index (κ3) is 6.36. The molecule has 0 N–H and O–H groups in total. The molecule has 3 nitrogen and oxygen atoms in total. The van der Waals surface area contributed by atoms with Gasteiger partial charge in [0.1, 0.15) is 17.4 Å². The third-order valence-electron chi connectivity index (χ3n) is 4.83. The van der Waals surface area contributed by atoms with Crippen LogP contribution in [0.1, 0.15) is 51.0 Å². The number of rotatable bonds is 4. The van der Waals surface area contributed by atoms with E-state index in [1.807, 2.05) is 0 Å². The lowest BCUT2D eigenvalue weighted by molar-refractivity contribution is -0.143. The smallest absolute Gasteiger partial charge is 0.390 e. The number of carbonyl (C=O) groups excluding carboxylic acids is 1. The SMILES string of the molecule is CC1(C)CC1.COc1cc(F)c(C2CC(=O)N(CCC(F)(F)F)C2)c(F)c1. The number of benzene rings is 1. The molecule has 8 heteroatoms. The van der Waals surface area contributed by atoms with Gasteiger partial charge in [-0.2, -0.15) is 13.2 Å². The van der Waals surface area contributed by atoms with Crippen LogP contribution in [0.3, 0.4) is 0 Å². The Balaban J connectivity index is 0.000000451. The lowest BCUT2D eigenvalue weighted by atomic mass is 9.97. The minimum atomic E-state index is -4.38. The standard InChI is InChI=1S/C14H14F5NO2.C5H10/c1-22-9-5-10(15)13(11(16)6-9)8-4-12(21)20(7-8)3-2-14(17,18)19;1-5(2)3-4-5/h5-6,8H,2-4,7H2,1H3;3-4H2,1-2H3. The lowest BCUT2D eigenvalue weighted by Crippen LogP contribution is -2.29. The average Bonchev–Trinajstić information content (AvgIpc) is 3.11. The Kier molecular flexibility index (Phi) is 6.37. The molecule has 1 unspecified atom stereocenters. The summed E-state index contributed by atoms with van der Waals surface area (Å²) in [6.45, 7) is 3.97. The number of alkyl halides is 3. The van der Waals surface area contributed by atoms with Gasteiger partial charge in [0.05, 0.1) is 13.5 Å². The molecule has 1 aliphatic heterocycles. The van der Waals surface area contributed by atoms with E-state index in [9.17, 15) is 26.7 Å². The molecule has 0 radical (unpaired) electrons. The van der Waals surface area contributed by atoms with Crippen molar-refractivity contribution in [3.8, 4) is 5.75 Å². The maximum absolute atomic E-state index is 13.9. The van der Waals surface area contributed by atoms with Crippen LogP contribution in [0.2, 0.25) is 0 Å². The summed E-state index contributed by atoms with van der Waals surface area (Å²) in [6.07, 6.45) is -2.83. The van der Waals surface area contributed by atoms with Crippen molar-refractivity contribution in [2.45, 2.75) is 51.6 Å². The van der Waals surface area contributed by atoms with E-state index in [1.54, 1.807) is 0 Å². The molecule has 1 saturated carbocycles. The number of amides is 1. The predicted molar refractivity (Wildman–Crippen MR) is 90.5 cm³/mol. The topological polar surface area (TPSA) is 29.5 Å². The van der Waals surface area contributed by atoms with Crippen LogP contribution >= 0.6 is 0 Å². The van der Waals surface area contributed by atoms with Gasteiger partial charge < -0.3 is 9.64 Å². The zero-order valence-electron chi connectivity index (χ0n) is 15.6. The summed E-state index contributed by atoms with van der Waals surface area (Å²) in [5.41, 5.74) is 0.462. The molecule has 1 saturated heterocycles. The molecular formula is C19H24F5NO2. The van der Waals surface area contributed by atoms with Gasteiger partial charge in [0.2, 0.25) is 5.91 Å². The van der Waals surface area contributed by atoms with Crippen molar-refractivity contribution in [1.29, 1.82) is 0 Å². The van der Waals surface area contributed by atoms with Crippen LogP contribution in [0.5, 0.6) is 5.75 Å². The monoisotopic (exact) mass is 393 g/mol. The highest BCUT2D eigenvalue weighted by Crippen LogP contribution is 2.43. The van der Waals surface area contributed by atoms with E-state index in [0.29, 0.717) is 0 Å². The number of ether oxygens (including phenoxy) is 1. The molecule has 27 heavy (non-hydrogen) atoms. The summed E-state index contributed by atoms with van der Waals surface area (Å²) in [5, 5.41) is 0. The van der Waals surface area contributed by atoms with Crippen LogP contribution < -0.4 is 4.74 Å². The van der Waals surface area contributed by atoms with Crippen LogP contribution in [0.15, 0.2) is 12.1 Å². The Hall–Kier alpha value is -1.86. The number of methoxy groups -OCH3 is 1. The van der Waals surface area contributed by atoms with Crippen molar-refractivity contribution in [2.75, 3.05) is 20.2 Å². The van der Waals surface area contributed by atoms with E-state index in [0.717, 1.165) is 22.4 Å². The molecule has 3 rings (SSSR count). The van der Waals surface area contributed by atoms with Crippen molar-refractivity contribution in [3.63, 3.8) is 0 Å². The summed E-state index contributed by atoms with van der Waals surface area (Å²) in [7, 11) is 1.26. The van der Waals surface area contributed by atoms with Gasteiger partial charge in [-0.15, -0.1) is 0 Å². The van der Waals surface area contributed by atoms with Gasteiger partial charge in [0, 0.05) is 43.1 Å². The van der Waals surface area contributed by atoms with E-state index in [1.165, 1.54) is 20.0 Å². The van der Waals surface area contributed by atoms with Crippen molar-refractivity contribution in [1.82, 2.24) is 4.90 Å². The highest BCUT2D eigenvalue weighted by Gasteiger charge is 2.36. The van der Waals surface area contributed by atoms with Crippen LogP contribution in [0.4, 0.5) is 22.0 Å². The first-order chi connectivity index (χ1) is 12.4. The Morgan fingerprint density at radius 3 is 2.11 bits per heavy atom. The number of hydrogen-bond acceptors (Lipinski definition) is 2. The highest BCUT2D eigenvalue weighted by molar-refractivity contribution is 5.79. The maximum Gasteiger partial charge on any atom is 0.390 e. The lowest BCUT2D eigenvalue weighted by Gasteiger charge is -2.18. The van der Waals surface area contributed by atoms with Gasteiger partial charge >= 0.3 is 6.18 Å². The first kappa shape index (κ1) is 21.4. The van der Waals surface area contributed by atoms with Gasteiger partial charge in [0.25, 0.3) is 0 Å². The Morgan fingerprint density at radius 2 is 1.70 bits per heavy atom. The molecule has 1 atom stereocenters. The summed E-state index contributed by atoms with van der Waals surface area (Å²) in [5.74, 6) is -3.08. The van der Waals surface area contributed by atoms with Crippen LogP contribution in [-0.2, 0) is 4.79 Å². The number of likely N-dealkylation sites (tertiary alicyclic amines) is 1. The fraction of sp³-hybridized carbons (Fsp3) is 0.632. The van der Waals surface area contributed by atoms with E-state index in [2.05, 4.69) is 13.8 Å². The van der Waals surface area contributed by atoms with Crippen LogP contribution in [-0.4, -0.2) is 37.2 Å². The molecule has 0 bridgehead atoms. The molecule has 1 aliphatic carbocycles. The van der Waals surface area contributed by atoms with Gasteiger partial charge in [-0.25, -0.2) is 8.78 Å². The first-order valence-electron chi connectivity index (χ1n) is 8.79. The van der Waals surface area contributed by atoms with Crippen LogP contribution in [0, 0.1) is 17.0 Å². The number of carbonyl (C=O) groups is 1. The fourth-order valence-electron chi connectivity index (χ4n) is 2.76. The van der Waals surface area contributed by atoms with Crippen molar-refractivity contribution < 1.29 is 31.5 Å². The summed E-state index contributed by atoms with van der Waals surface area (Å²) in [4.78, 5) is 12.7. The van der Waals surface area contributed by atoms with Crippen molar-refractivity contribution in [2.24, 2.45) is 5.41 Å². The van der Waals surface area contributed by atoms with Gasteiger partial charge in [-0.1, -0.05) is 13.8 Å². The summed E-state index contributed by atoms with van der Waals surface area (Å²) < 4.78 is 69.2. The Bertz CT molecular complexity index is 658. The third-order valence-corrected chi connectivity index (χ3v) is 4.83. The number of halogens is 5. The van der Waals surface area contributed by atoms with Gasteiger partial charge in [-0.05, 0) is 18.3 Å². The fourth-order valence-corrected chi connectivity index (χ4v) is 2.76. The molecular weight excluding hydrogens is 369 g/mol. The van der Waals surface area contributed by atoms with E-state index in [4.69, 9.17) is 4.74 Å². The molecule has 1 amide bonds. The molecule has 1 heterocycles. The van der Waals surface area contributed by atoms with Crippen molar-refractivity contribution in [3.05, 3.63) is 29.3 Å². The first-order valence-corrected chi connectivity index (χ1v) is 8.79. The molecule has 2 aliphatic rings. The zero-order valence-corrected chi connectivity index (χ0v) is 15.6. The molecule has 1 aromatic rings. The molecule has 2 fully saturated rings. The zero-order chi connectivity index (χ0) is 20.4. The number of hydrogen-bond donors (Lipinski definition) is 0. The second-order valence-electron chi connectivity index (χ2n) is 7.77. The minimum Gasteiger partial charge on any atom is -0.497 e. The summed E-state index contributed by atoms with van der Waals surface area (Å²) in [6, 6.07) is 1.97. The Morgan fingerprint density at radius 1 is 1.19 bits per heavy atom. The van der Waals surface area contributed by atoms with Gasteiger partial charge in [0.15, 0.2) is 0 Å². The quantitative estimate of drug-likeness (QED) is 0.670. The van der Waals surface area contributed by atoms with E-state index < -0.39 is 42.6 Å². The van der Waals surface area contributed by atoms with E-state index in [-0.39, 0.29) is 24.3 Å². The van der Waals surface area contributed by atoms with Gasteiger partial charge in [-0.3, -0.25) is 4.79 Å². The van der Waals surface area contributed by atoms with Crippen LogP contribution in [0.25, 0.3) is 0 Å². The second kappa shape index (κ2) is 8.02.